The number of nitrogens with zero attached hydrogens (tertiary/aromatic N) is 1. The third-order valence-electron chi connectivity index (χ3n) is 2.73. The minimum Gasteiger partial charge on any atom is -0.396 e. The minimum atomic E-state index is -0.454. The van der Waals surface area contributed by atoms with Crippen molar-refractivity contribution in [3.8, 4) is 0 Å². The number of aliphatic hydroxyl groups is 1. The van der Waals surface area contributed by atoms with Crippen LogP contribution in [0.5, 0.6) is 0 Å². The van der Waals surface area contributed by atoms with Gasteiger partial charge in [-0.1, -0.05) is 0 Å². The molecule has 0 aromatic rings. The number of carbonyl (C=O) groups excluding carboxylic acids is 2. The Bertz CT molecular complexity index is 250. The van der Waals surface area contributed by atoms with Crippen LogP contribution in [0.2, 0.25) is 0 Å². The first-order chi connectivity index (χ1) is 7.65. The summed E-state index contributed by atoms with van der Waals surface area (Å²) in [7, 11) is 0. The van der Waals surface area contributed by atoms with E-state index in [9.17, 15) is 9.59 Å². The zero-order valence-electron chi connectivity index (χ0n) is 9.74. The lowest BCUT2D eigenvalue weighted by Gasteiger charge is -2.21. The average molecular weight is 228 g/mol. The fourth-order valence-electron chi connectivity index (χ4n) is 1.83. The smallest absolute Gasteiger partial charge is 0.244 e. The highest BCUT2D eigenvalue weighted by molar-refractivity contribution is 5.87. The van der Waals surface area contributed by atoms with E-state index in [-0.39, 0.29) is 24.8 Å². The fourth-order valence-corrected chi connectivity index (χ4v) is 1.83. The molecule has 2 amide bonds. The third-order valence-corrected chi connectivity index (χ3v) is 2.73. The van der Waals surface area contributed by atoms with Crippen molar-refractivity contribution in [3.05, 3.63) is 0 Å². The van der Waals surface area contributed by atoms with Crippen LogP contribution in [0.15, 0.2) is 0 Å². The number of aliphatic hydroxyl groups excluding tert-OH is 1. The maximum Gasteiger partial charge on any atom is 0.244 e. The molecule has 5 heteroatoms. The quantitative estimate of drug-likeness (QED) is 0.689. The van der Waals surface area contributed by atoms with Crippen molar-refractivity contribution in [2.45, 2.75) is 38.6 Å². The molecule has 0 aromatic heterocycles. The summed E-state index contributed by atoms with van der Waals surface area (Å²) in [6.07, 6.45) is 2.82. The van der Waals surface area contributed by atoms with Crippen molar-refractivity contribution in [2.75, 3.05) is 19.7 Å². The monoisotopic (exact) mass is 228 g/mol. The second-order valence-corrected chi connectivity index (χ2v) is 4.15. The molecule has 1 aliphatic rings. The Morgan fingerprint density at radius 2 is 2.00 bits per heavy atom. The maximum absolute atomic E-state index is 11.8. The summed E-state index contributed by atoms with van der Waals surface area (Å²) in [4.78, 5) is 24.9. The molecule has 0 radical (unpaired) electrons. The Kier molecular flexibility index (Phi) is 5.25. The normalized spacial score (nSPS) is 17.2. The van der Waals surface area contributed by atoms with E-state index in [1.165, 1.54) is 0 Å². The summed E-state index contributed by atoms with van der Waals surface area (Å²) in [5.74, 6) is -0.177. The molecular formula is C11H20N2O3. The zero-order chi connectivity index (χ0) is 12.0. The lowest BCUT2D eigenvalue weighted by atomic mass is 10.2. The van der Waals surface area contributed by atoms with Crippen LogP contribution in [-0.2, 0) is 9.59 Å². The van der Waals surface area contributed by atoms with Crippen molar-refractivity contribution in [1.82, 2.24) is 10.2 Å². The van der Waals surface area contributed by atoms with Gasteiger partial charge in [-0.15, -0.1) is 0 Å². The van der Waals surface area contributed by atoms with Gasteiger partial charge >= 0.3 is 0 Å². The van der Waals surface area contributed by atoms with E-state index in [0.29, 0.717) is 6.42 Å². The molecule has 1 unspecified atom stereocenters. The average Bonchev–Trinajstić information content (AvgIpc) is 2.78. The highest BCUT2D eigenvalue weighted by Crippen LogP contribution is 2.08. The molecule has 2 N–H and O–H groups in total. The SMILES string of the molecule is CC(NC(=O)CCCO)C(=O)N1CCCC1. The van der Waals surface area contributed by atoms with Crippen LogP contribution in [0.1, 0.15) is 32.6 Å². The Morgan fingerprint density at radius 3 is 2.56 bits per heavy atom. The molecular weight excluding hydrogens is 208 g/mol. The van der Waals surface area contributed by atoms with Gasteiger partial charge in [0, 0.05) is 26.1 Å². The molecule has 1 atom stereocenters. The molecule has 0 spiro atoms. The molecule has 1 rings (SSSR count). The van der Waals surface area contributed by atoms with Crippen molar-refractivity contribution < 1.29 is 14.7 Å². The summed E-state index contributed by atoms with van der Waals surface area (Å²) in [6, 6.07) is -0.454. The number of likely N-dealkylation sites (tertiary alicyclic amines) is 1. The van der Waals surface area contributed by atoms with Gasteiger partial charge in [0.15, 0.2) is 0 Å². The Balaban J connectivity index is 2.30. The maximum atomic E-state index is 11.8. The van der Waals surface area contributed by atoms with Crippen LogP contribution >= 0.6 is 0 Å². The molecule has 0 aliphatic carbocycles. The highest BCUT2D eigenvalue weighted by atomic mass is 16.3. The summed E-state index contributed by atoms with van der Waals surface area (Å²) in [6.45, 7) is 3.31. The third kappa shape index (κ3) is 3.81. The van der Waals surface area contributed by atoms with E-state index in [2.05, 4.69) is 5.32 Å². The topological polar surface area (TPSA) is 69.6 Å². The summed E-state index contributed by atoms with van der Waals surface area (Å²) in [5.41, 5.74) is 0. The van der Waals surface area contributed by atoms with Crippen molar-refractivity contribution in [2.24, 2.45) is 0 Å². The van der Waals surface area contributed by atoms with E-state index in [1.54, 1.807) is 11.8 Å². The fraction of sp³-hybridized carbons (Fsp3) is 0.818. The van der Waals surface area contributed by atoms with Gasteiger partial charge < -0.3 is 15.3 Å². The van der Waals surface area contributed by atoms with Crippen LogP contribution in [0.4, 0.5) is 0 Å². The van der Waals surface area contributed by atoms with E-state index in [1.807, 2.05) is 0 Å². The number of rotatable bonds is 5. The molecule has 0 bridgehead atoms. The first kappa shape index (κ1) is 13.0. The Morgan fingerprint density at radius 1 is 1.38 bits per heavy atom. The highest BCUT2D eigenvalue weighted by Gasteiger charge is 2.23. The van der Waals surface area contributed by atoms with Gasteiger partial charge in [0.2, 0.25) is 11.8 Å². The predicted molar refractivity (Wildman–Crippen MR) is 59.7 cm³/mol. The standard InChI is InChI=1S/C11H20N2O3/c1-9(12-10(15)5-4-8-14)11(16)13-6-2-3-7-13/h9,14H,2-8H2,1H3,(H,12,15). The zero-order valence-corrected chi connectivity index (χ0v) is 9.74. The van der Waals surface area contributed by atoms with Crippen LogP contribution < -0.4 is 5.32 Å². The predicted octanol–water partition coefficient (Wildman–Crippen LogP) is -0.114. The molecule has 5 nitrogen and oxygen atoms in total. The number of hydrogen-bond acceptors (Lipinski definition) is 3. The Labute approximate surface area is 95.8 Å². The molecule has 1 aliphatic heterocycles. The summed E-state index contributed by atoms with van der Waals surface area (Å²) < 4.78 is 0. The van der Waals surface area contributed by atoms with Gasteiger partial charge in [0.05, 0.1) is 0 Å². The molecule has 1 heterocycles. The van der Waals surface area contributed by atoms with Crippen LogP contribution in [0, 0.1) is 0 Å². The lowest BCUT2D eigenvalue weighted by Crippen LogP contribution is -2.45. The first-order valence-corrected chi connectivity index (χ1v) is 5.84. The van der Waals surface area contributed by atoms with Gasteiger partial charge in [-0.3, -0.25) is 9.59 Å². The van der Waals surface area contributed by atoms with E-state index in [4.69, 9.17) is 5.11 Å². The van der Waals surface area contributed by atoms with Gasteiger partial charge in [0.25, 0.3) is 0 Å². The van der Waals surface area contributed by atoms with Crippen molar-refractivity contribution >= 4 is 11.8 Å². The lowest BCUT2D eigenvalue weighted by molar-refractivity contribution is -0.135. The first-order valence-electron chi connectivity index (χ1n) is 5.84. The molecule has 1 saturated heterocycles. The second-order valence-electron chi connectivity index (χ2n) is 4.15. The summed E-state index contributed by atoms with van der Waals surface area (Å²) in [5, 5.41) is 11.2. The molecule has 16 heavy (non-hydrogen) atoms. The summed E-state index contributed by atoms with van der Waals surface area (Å²) >= 11 is 0. The van der Waals surface area contributed by atoms with Crippen molar-refractivity contribution in [1.29, 1.82) is 0 Å². The van der Waals surface area contributed by atoms with Gasteiger partial charge in [-0.05, 0) is 26.2 Å². The number of nitrogens with one attached hydrogen (secondary N) is 1. The van der Waals surface area contributed by atoms with Gasteiger partial charge in [0.1, 0.15) is 6.04 Å². The number of amides is 2. The molecule has 92 valence electrons. The van der Waals surface area contributed by atoms with Crippen LogP contribution in [-0.4, -0.2) is 47.6 Å². The molecule has 0 aromatic carbocycles. The van der Waals surface area contributed by atoms with Crippen LogP contribution in [0.25, 0.3) is 0 Å². The van der Waals surface area contributed by atoms with E-state index < -0.39 is 6.04 Å². The largest absolute Gasteiger partial charge is 0.396 e. The van der Waals surface area contributed by atoms with Crippen LogP contribution in [0.3, 0.4) is 0 Å². The van der Waals surface area contributed by atoms with Crippen molar-refractivity contribution in [3.63, 3.8) is 0 Å². The molecule has 0 saturated carbocycles. The van der Waals surface area contributed by atoms with E-state index >= 15 is 0 Å². The van der Waals surface area contributed by atoms with Gasteiger partial charge in [-0.25, -0.2) is 0 Å². The van der Waals surface area contributed by atoms with Gasteiger partial charge in [-0.2, -0.15) is 0 Å². The molecule has 1 fully saturated rings. The second kappa shape index (κ2) is 6.48. The number of carbonyl (C=O) groups is 2. The minimum absolute atomic E-state index is 0.00186. The number of hydrogen-bond donors (Lipinski definition) is 2. The Hall–Kier alpha value is -1.10. The van der Waals surface area contributed by atoms with E-state index in [0.717, 1.165) is 25.9 Å².